The van der Waals surface area contributed by atoms with Crippen LogP contribution in [-0.4, -0.2) is 126 Å². The minimum Gasteiger partial charge on any atom is -0.394 e. The van der Waals surface area contributed by atoms with Gasteiger partial charge in [-0.3, -0.25) is 0 Å². The number of likely N-dealkylation sites (N-methyl/N-ethyl adjacent to an activating group) is 1. The molecule has 1 saturated carbocycles. The maximum Gasteiger partial charge on any atom is 0.187 e. The van der Waals surface area contributed by atoms with E-state index < -0.39 is 85.8 Å². The molecule has 13 N–H and O–H groups in total. The van der Waals surface area contributed by atoms with Crippen molar-refractivity contribution in [1.29, 1.82) is 0 Å². The fourth-order valence-corrected chi connectivity index (χ4v) is 5.35. The third-order valence-corrected chi connectivity index (χ3v) is 7.51. The van der Waals surface area contributed by atoms with Gasteiger partial charge >= 0.3 is 0 Å². The highest BCUT2D eigenvalue weighted by Gasteiger charge is 2.52. The molecule has 4 fully saturated rings. The molecule has 4 rings (SSSR count). The molecule has 0 aromatic heterocycles. The van der Waals surface area contributed by atoms with Crippen molar-refractivity contribution in [3.8, 4) is 0 Å². The van der Waals surface area contributed by atoms with Gasteiger partial charge in [-0.05, 0) is 26.3 Å². The summed E-state index contributed by atoms with van der Waals surface area (Å²) in [6.07, 6.45) is -7.25. The zero-order valence-corrected chi connectivity index (χ0v) is 19.8. The van der Waals surface area contributed by atoms with E-state index in [0.29, 0.717) is 12.8 Å². The average Bonchev–Trinajstić information content (AvgIpc) is 2.80. The van der Waals surface area contributed by atoms with Crippen molar-refractivity contribution in [2.45, 2.75) is 117 Å². The quantitative estimate of drug-likeness (QED) is 0.164. The highest BCUT2D eigenvalue weighted by atomic mass is 16.8. The Morgan fingerprint density at radius 1 is 0.771 bits per heavy atom. The van der Waals surface area contributed by atoms with E-state index in [1.807, 2.05) is 0 Å². The topological polar surface area (TPSA) is 243 Å². The molecule has 0 radical (unpaired) electrons. The van der Waals surface area contributed by atoms with Gasteiger partial charge in [0.2, 0.25) is 0 Å². The largest absolute Gasteiger partial charge is 0.394 e. The lowest BCUT2D eigenvalue weighted by Gasteiger charge is -2.51. The van der Waals surface area contributed by atoms with E-state index in [0.717, 1.165) is 0 Å². The molecular weight excluding hydrogens is 466 g/mol. The summed E-state index contributed by atoms with van der Waals surface area (Å²) in [5.74, 6) is 0. The number of ether oxygens (including phenoxy) is 5. The van der Waals surface area contributed by atoms with E-state index in [-0.39, 0.29) is 25.5 Å². The van der Waals surface area contributed by atoms with Crippen LogP contribution in [0.5, 0.6) is 0 Å². The molecule has 4 aliphatic rings. The second-order valence-electron chi connectivity index (χ2n) is 10.1. The molecule has 15 atom stereocenters. The lowest BCUT2D eigenvalue weighted by molar-refractivity contribution is -0.366. The predicted molar refractivity (Wildman–Crippen MR) is 120 cm³/mol. The monoisotopic (exact) mass is 507 g/mol. The van der Waals surface area contributed by atoms with Gasteiger partial charge in [-0.25, -0.2) is 0 Å². The standard InChI is InChI=1S/C21H41N5O9/c1-26-16-17(30)18-14(32-21(16)35-20-12(29)3-9(24)15(6-27)33-20)4-10(25)19(34-18)31-13-5-11(28)7(22)2-8(13)23/h7-21,26-30H,2-6,22-25H2,1H3/t7?,8?,9-,10-,11-,12-,13-,14-,15?,16?,17?,18?,19?,20?,21?/m0/s1. The van der Waals surface area contributed by atoms with Gasteiger partial charge in [0.05, 0.1) is 43.1 Å². The Balaban J connectivity index is 1.40. The van der Waals surface area contributed by atoms with Crippen LogP contribution in [0.2, 0.25) is 0 Å². The summed E-state index contributed by atoms with van der Waals surface area (Å²) in [6.45, 7) is -0.320. The van der Waals surface area contributed by atoms with Gasteiger partial charge in [0.15, 0.2) is 18.9 Å². The first kappa shape index (κ1) is 27.5. The third kappa shape index (κ3) is 5.81. The second kappa shape index (κ2) is 11.4. The Morgan fingerprint density at radius 3 is 2.20 bits per heavy atom. The fourth-order valence-electron chi connectivity index (χ4n) is 5.35. The first-order chi connectivity index (χ1) is 16.6. The lowest BCUT2D eigenvalue weighted by atomic mass is 9.87. The van der Waals surface area contributed by atoms with Gasteiger partial charge in [0, 0.05) is 24.5 Å². The molecule has 0 spiro atoms. The summed E-state index contributed by atoms with van der Waals surface area (Å²) in [5.41, 5.74) is 24.3. The van der Waals surface area contributed by atoms with Gasteiger partial charge in [-0.1, -0.05) is 0 Å². The first-order valence-electron chi connectivity index (χ1n) is 12.2. The summed E-state index contributed by atoms with van der Waals surface area (Å²) >= 11 is 0. The molecular formula is C21H41N5O9. The summed E-state index contributed by atoms with van der Waals surface area (Å²) in [6, 6.07) is -2.65. The molecule has 0 aromatic carbocycles. The van der Waals surface area contributed by atoms with Crippen LogP contribution in [0.25, 0.3) is 0 Å². The van der Waals surface area contributed by atoms with Crippen molar-refractivity contribution >= 4 is 0 Å². The Hall–Kier alpha value is -0.560. The number of hydrogen-bond donors (Lipinski definition) is 9. The van der Waals surface area contributed by atoms with Crippen molar-refractivity contribution in [2.75, 3.05) is 13.7 Å². The lowest BCUT2D eigenvalue weighted by Crippen LogP contribution is -2.69. The highest BCUT2D eigenvalue weighted by Crippen LogP contribution is 2.35. The van der Waals surface area contributed by atoms with Gasteiger partial charge in [0.25, 0.3) is 0 Å². The molecule has 3 saturated heterocycles. The third-order valence-electron chi connectivity index (χ3n) is 7.51. The summed E-state index contributed by atoms with van der Waals surface area (Å²) in [5, 5.41) is 44.1. The molecule has 0 amide bonds. The normalized spacial score (nSPS) is 53.2. The van der Waals surface area contributed by atoms with Gasteiger partial charge in [-0.2, -0.15) is 0 Å². The van der Waals surface area contributed by atoms with Crippen LogP contribution in [0.3, 0.4) is 0 Å². The molecule has 14 heteroatoms. The number of rotatable bonds is 6. The number of nitrogens with two attached hydrogens (primary N) is 4. The van der Waals surface area contributed by atoms with E-state index in [4.69, 9.17) is 46.6 Å². The van der Waals surface area contributed by atoms with E-state index in [1.54, 1.807) is 7.05 Å². The summed E-state index contributed by atoms with van der Waals surface area (Å²) in [4.78, 5) is 0. The van der Waals surface area contributed by atoms with Crippen LogP contribution < -0.4 is 28.3 Å². The number of aliphatic hydroxyl groups is 4. The van der Waals surface area contributed by atoms with Crippen molar-refractivity contribution in [3.63, 3.8) is 0 Å². The summed E-state index contributed by atoms with van der Waals surface area (Å²) < 4.78 is 29.7. The Kier molecular flexibility index (Phi) is 8.99. The minimum atomic E-state index is -1.10. The van der Waals surface area contributed by atoms with Crippen molar-refractivity contribution in [2.24, 2.45) is 22.9 Å². The number of hydrogen-bond acceptors (Lipinski definition) is 14. The van der Waals surface area contributed by atoms with Crippen LogP contribution in [0, 0.1) is 0 Å². The summed E-state index contributed by atoms with van der Waals surface area (Å²) in [7, 11) is 1.63. The smallest absolute Gasteiger partial charge is 0.187 e. The Bertz CT molecular complexity index is 696. The van der Waals surface area contributed by atoms with Gasteiger partial charge in [-0.15, -0.1) is 0 Å². The molecule has 3 heterocycles. The van der Waals surface area contributed by atoms with Crippen LogP contribution in [-0.2, 0) is 23.7 Å². The Labute approximate surface area is 204 Å². The van der Waals surface area contributed by atoms with Crippen LogP contribution in [0.4, 0.5) is 0 Å². The fraction of sp³-hybridized carbons (Fsp3) is 1.00. The van der Waals surface area contributed by atoms with E-state index in [1.165, 1.54) is 0 Å². The molecule has 0 aromatic rings. The van der Waals surface area contributed by atoms with Crippen LogP contribution >= 0.6 is 0 Å². The maximum absolute atomic E-state index is 11.1. The zero-order valence-electron chi connectivity index (χ0n) is 19.8. The van der Waals surface area contributed by atoms with Crippen molar-refractivity contribution < 1.29 is 44.1 Å². The molecule has 3 aliphatic heterocycles. The first-order valence-corrected chi connectivity index (χ1v) is 12.2. The SMILES string of the molecule is CNC1C(OC2OC(CO)[C@@H](N)C[C@@H]2O)O[C@H]2C[C@H](N)C(O[C@H]3C[C@H](O)C(N)CC3N)OC2C1O. The van der Waals surface area contributed by atoms with Crippen LogP contribution in [0.1, 0.15) is 25.7 Å². The average molecular weight is 508 g/mol. The van der Waals surface area contributed by atoms with Crippen molar-refractivity contribution in [1.82, 2.24) is 5.32 Å². The van der Waals surface area contributed by atoms with Crippen LogP contribution in [0.15, 0.2) is 0 Å². The number of fused-ring (bicyclic) bond motifs is 1. The van der Waals surface area contributed by atoms with Gasteiger partial charge < -0.3 is 72.4 Å². The second-order valence-corrected chi connectivity index (χ2v) is 10.1. The molecule has 9 unspecified atom stereocenters. The highest BCUT2D eigenvalue weighted by molar-refractivity contribution is 5.00. The van der Waals surface area contributed by atoms with E-state index in [9.17, 15) is 20.4 Å². The van der Waals surface area contributed by atoms with E-state index >= 15 is 0 Å². The number of nitrogens with one attached hydrogen (secondary N) is 1. The predicted octanol–water partition coefficient (Wildman–Crippen LogP) is -4.89. The molecule has 35 heavy (non-hydrogen) atoms. The van der Waals surface area contributed by atoms with Gasteiger partial charge in [0.1, 0.15) is 18.3 Å². The zero-order chi connectivity index (χ0) is 25.4. The molecule has 1 aliphatic carbocycles. The number of aliphatic hydroxyl groups excluding tert-OH is 4. The maximum atomic E-state index is 11.1. The molecule has 14 nitrogen and oxygen atoms in total. The minimum absolute atomic E-state index is 0.178. The van der Waals surface area contributed by atoms with Crippen molar-refractivity contribution in [3.05, 3.63) is 0 Å². The van der Waals surface area contributed by atoms with E-state index in [2.05, 4.69) is 5.32 Å². The molecule has 204 valence electrons. The molecule has 0 bridgehead atoms. The Morgan fingerprint density at radius 2 is 1.51 bits per heavy atom.